The molecule has 1 aliphatic heterocycles. The van der Waals surface area contributed by atoms with Crippen LogP contribution in [0.1, 0.15) is 31.2 Å². The molecule has 0 unspecified atom stereocenters. The van der Waals surface area contributed by atoms with Gasteiger partial charge in [-0.05, 0) is 18.2 Å². The highest BCUT2D eigenvalue weighted by atomic mass is 32.2. The summed E-state index contributed by atoms with van der Waals surface area (Å²) in [7, 11) is 1.82. The fraction of sp³-hybridized carbons (Fsp3) is 0.526. The number of halogens is 3. The minimum Gasteiger partial charge on any atom is -0.378 e. The minimum atomic E-state index is -4.50. The Kier molecular flexibility index (Phi) is 6.91. The van der Waals surface area contributed by atoms with Gasteiger partial charge in [-0.3, -0.25) is 4.79 Å². The highest BCUT2D eigenvalue weighted by molar-refractivity contribution is 7.99. The van der Waals surface area contributed by atoms with Crippen LogP contribution in [0.25, 0.3) is 0 Å². The van der Waals surface area contributed by atoms with Crippen LogP contribution in [0.3, 0.4) is 0 Å². The van der Waals surface area contributed by atoms with Crippen molar-refractivity contribution in [2.24, 2.45) is 7.05 Å². The number of rotatable bonds is 6. The number of anilines is 2. The molecule has 1 saturated heterocycles. The SMILES string of the molecule is CC(C)c1nnc(SCC(=O)Nc2cc(C(F)(F)F)ccc2N2CCOCC2)n1C. The molecule has 7 nitrogen and oxygen atoms in total. The first-order valence-electron chi connectivity index (χ1n) is 9.52. The number of carbonyl (C=O) groups is 1. The lowest BCUT2D eigenvalue weighted by atomic mass is 10.1. The molecule has 0 radical (unpaired) electrons. The number of alkyl halides is 3. The quantitative estimate of drug-likeness (QED) is 0.689. The Labute approximate surface area is 177 Å². The number of nitrogens with one attached hydrogen (secondary N) is 1. The predicted octanol–water partition coefficient (Wildman–Crippen LogP) is 3.52. The van der Waals surface area contributed by atoms with E-state index >= 15 is 0 Å². The van der Waals surface area contributed by atoms with Crippen LogP contribution in [0, 0.1) is 0 Å². The molecule has 2 aromatic rings. The summed E-state index contributed by atoms with van der Waals surface area (Å²) in [6, 6.07) is 3.41. The van der Waals surface area contributed by atoms with Crippen LogP contribution in [0.2, 0.25) is 0 Å². The van der Waals surface area contributed by atoms with Gasteiger partial charge in [-0.2, -0.15) is 13.2 Å². The number of hydrogen-bond donors (Lipinski definition) is 1. The summed E-state index contributed by atoms with van der Waals surface area (Å²) in [4.78, 5) is 14.4. The highest BCUT2D eigenvalue weighted by Crippen LogP contribution is 2.36. The van der Waals surface area contributed by atoms with E-state index in [0.29, 0.717) is 37.1 Å². The number of thioether (sulfide) groups is 1. The van der Waals surface area contributed by atoms with Gasteiger partial charge >= 0.3 is 6.18 Å². The molecule has 2 heterocycles. The molecule has 0 aliphatic carbocycles. The molecule has 0 spiro atoms. The van der Waals surface area contributed by atoms with Crippen molar-refractivity contribution in [1.82, 2.24) is 14.8 Å². The van der Waals surface area contributed by atoms with Crippen molar-refractivity contribution in [3.8, 4) is 0 Å². The molecule has 164 valence electrons. The van der Waals surface area contributed by atoms with Crippen LogP contribution in [-0.4, -0.2) is 52.7 Å². The average Bonchev–Trinajstić information content (AvgIpc) is 3.07. The van der Waals surface area contributed by atoms with Crippen molar-refractivity contribution in [2.45, 2.75) is 31.1 Å². The summed E-state index contributed by atoms with van der Waals surface area (Å²) in [5.74, 6) is 0.572. The summed E-state index contributed by atoms with van der Waals surface area (Å²) in [5.41, 5.74) is -0.124. The van der Waals surface area contributed by atoms with Crippen LogP contribution in [0.15, 0.2) is 23.4 Å². The van der Waals surface area contributed by atoms with Crippen LogP contribution in [0.5, 0.6) is 0 Å². The standard InChI is InChI=1S/C19H24F3N5O2S/c1-12(2)17-24-25-18(26(17)3)30-11-16(28)23-14-10-13(19(20,21)22)4-5-15(14)27-6-8-29-9-7-27/h4-5,10,12H,6-9,11H2,1-3H3,(H,23,28). The van der Waals surface area contributed by atoms with Crippen molar-refractivity contribution >= 4 is 29.0 Å². The van der Waals surface area contributed by atoms with E-state index < -0.39 is 17.6 Å². The fourth-order valence-electron chi connectivity index (χ4n) is 3.16. The van der Waals surface area contributed by atoms with Crippen molar-refractivity contribution < 1.29 is 22.7 Å². The van der Waals surface area contributed by atoms with E-state index in [2.05, 4.69) is 15.5 Å². The largest absolute Gasteiger partial charge is 0.416 e. The van der Waals surface area contributed by atoms with Gasteiger partial charge in [-0.1, -0.05) is 25.6 Å². The Hall–Kier alpha value is -2.27. The molecule has 11 heteroatoms. The number of morpholine rings is 1. The number of nitrogens with zero attached hydrogens (tertiary/aromatic N) is 4. The smallest absolute Gasteiger partial charge is 0.378 e. The summed E-state index contributed by atoms with van der Waals surface area (Å²) in [6.07, 6.45) is -4.50. The Balaban J connectivity index is 1.75. The monoisotopic (exact) mass is 443 g/mol. The number of hydrogen-bond acceptors (Lipinski definition) is 6. The Morgan fingerprint density at radius 1 is 1.27 bits per heavy atom. The van der Waals surface area contributed by atoms with Crippen molar-refractivity contribution in [2.75, 3.05) is 42.3 Å². The zero-order chi connectivity index (χ0) is 21.9. The zero-order valence-electron chi connectivity index (χ0n) is 17.0. The lowest BCUT2D eigenvalue weighted by molar-refractivity contribution is -0.137. The van der Waals surface area contributed by atoms with Gasteiger partial charge in [0.05, 0.1) is 35.9 Å². The molecular formula is C19H24F3N5O2S. The van der Waals surface area contributed by atoms with Gasteiger partial charge in [0.15, 0.2) is 5.16 Å². The lowest BCUT2D eigenvalue weighted by Gasteiger charge is -2.31. The van der Waals surface area contributed by atoms with E-state index in [-0.39, 0.29) is 17.4 Å². The Morgan fingerprint density at radius 3 is 2.57 bits per heavy atom. The number of aromatic nitrogens is 3. The molecule has 0 atom stereocenters. The van der Waals surface area contributed by atoms with Crippen molar-refractivity contribution in [1.29, 1.82) is 0 Å². The molecule has 1 aliphatic rings. The second kappa shape index (κ2) is 9.25. The highest BCUT2D eigenvalue weighted by Gasteiger charge is 2.32. The molecule has 1 N–H and O–H groups in total. The van der Waals surface area contributed by atoms with Crippen molar-refractivity contribution in [3.05, 3.63) is 29.6 Å². The van der Waals surface area contributed by atoms with E-state index in [1.165, 1.54) is 17.8 Å². The molecule has 0 saturated carbocycles. The first-order chi connectivity index (χ1) is 14.2. The predicted molar refractivity (Wildman–Crippen MR) is 109 cm³/mol. The van der Waals surface area contributed by atoms with Crippen molar-refractivity contribution in [3.63, 3.8) is 0 Å². The Morgan fingerprint density at radius 2 is 1.97 bits per heavy atom. The van der Waals surface area contributed by atoms with E-state index in [0.717, 1.165) is 18.0 Å². The molecule has 0 bridgehead atoms. The summed E-state index contributed by atoms with van der Waals surface area (Å²) >= 11 is 1.19. The van der Waals surface area contributed by atoms with Crippen LogP contribution < -0.4 is 10.2 Å². The first kappa shape index (κ1) is 22.4. The third-order valence-corrected chi connectivity index (χ3v) is 5.69. The molecule has 1 aromatic carbocycles. The molecule has 3 rings (SSSR count). The van der Waals surface area contributed by atoms with Crippen LogP contribution in [0.4, 0.5) is 24.5 Å². The zero-order valence-corrected chi connectivity index (χ0v) is 17.8. The number of ether oxygens (including phenoxy) is 1. The van der Waals surface area contributed by atoms with Gasteiger partial charge in [0, 0.05) is 26.1 Å². The van der Waals surface area contributed by atoms with E-state index in [4.69, 9.17) is 4.74 Å². The third-order valence-electron chi connectivity index (χ3n) is 4.67. The summed E-state index contributed by atoms with van der Waals surface area (Å²) < 4.78 is 46.7. The maximum absolute atomic E-state index is 13.2. The number of benzene rings is 1. The van der Waals surface area contributed by atoms with E-state index in [1.807, 2.05) is 30.4 Å². The topological polar surface area (TPSA) is 72.3 Å². The van der Waals surface area contributed by atoms with Gasteiger partial charge in [0.1, 0.15) is 5.82 Å². The van der Waals surface area contributed by atoms with Gasteiger partial charge in [-0.25, -0.2) is 0 Å². The molecule has 1 amide bonds. The van der Waals surface area contributed by atoms with E-state index in [1.54, 1.807) is 0 Å². The van der Waals surface area contributed by atoms with Gasteiger partial charge in [0.25, 0.3) is 0 Å². The van der Waals surface area contributed by atoms with Gasteiger partial charge in [0.2, 0.25) is 5.91 Å². The number of amides is 1. The average molecular weight is 443 g/mol. The van der Waals surface area contributed by atoms with Crippen LogP contribution in [-0.2, 0) is 22.8 Å². The van der Waals surface area contributed by atoms with Gasteiger partial charge in [-0.15, -0.1) is 10.2 Å². The third kappa shape index (κ3) is 5.25. The molecule has 1 fully saturated rings. The maximum atomic E-state index is 13.2. The second-order valence-corrected chi connectivity index (χ2v) is 8.16. The lowest BCUT2D eigenvalue weighted by Crippen LogP contribution is -2.37. The minimum absolute atomic E-state index is 0.00284. The summed E-state index contributed by atoms with van der Waals surface area (Å²) in [5, 5.41) is 11.4. The maximum Gasteiger partial charge on any atom is 0.416 e. The molecule has 30 heavy (non-hydrogen) atoms. The van der Waals surface area contributed by atoms with Gasteiger partial charge < -0.3 is 19.5 Å². The first-order valence-corrected chi connectivity index (χ1v) is 10.5. The second-order valence-electron chi connectivity index (χ2n) is 7.22. The van der Waals surface area contributed by atoms with Crippen LogP contribution >= 0.6 is 11.8 Å². The summed E-state index contributed by atoms with van der Waals surface area (Å²) in [6.45, 7) is 6.03. The fourth-order valence-corrected chi connectivity index (χ4v) is 3.88. The van der Waals surface area contributed by atoms with E-state index in [9.17, 15) is 18.0 Å². The molecule has 1 aromatic heterocycles. The number of carbonyl (C=O) groups excluding carboxylic acids is 1. The normalized spacial score (nSPS) is 15.0. The molecular weight excluding hydrogens is 419 g/mol. The Bertz CT molecular complexity index is 895.